The van der Waals surface area contributed by atoms with Crippen molar-refractivity contribution < 1.29 is 0 Å². The van der Waals surface area contributed by atoms with E-state index in [0.29, 0.717) is 11.8 Å². The van der Waals surface area contributed by atoms with E-state index >= 15 is 0 Å². The first-order valence-electron chi connectivity index (χ1n) is 4.81. The lowest BCUT2D eigenvalue weighted by molar-refractivity contribution is 0.520. The van der Waals surface area contributed by atoms with Crippen LogP contribution in [-0.4, -0.2) is 8.07 Å². The smallest absolute Gasteiger partial charge is 0.0573 e. The van der Waals surface area contributed by atoms with Crippen LogP contribution in [0.1, 0.15) is 20.8 Å². The van der Waals surface area contributed by atoms with Gasteiger partial charge in [-0.3, -0.25) is 0 Å². The molecule has 0 aromatic rings. The SMILES string of the molecule is CC(C)C(C)C#CC[Si](C)(C)C. The third-order valence-corrected chi connectivity index (χ3v) is 3.19. The van der Waals surface area contributed by atoms with Gasteiger partial charge in [-0.2, -0.15) is 0 Å². The zero-order valence-electron chi connectivity index (χ0n) is 9.36. The van der Waals surface area contributed by atoms with Crippen molar-refractivity contribution in [3.63, 3.8) is 0 Å². The zero-order chi connectivity index (χ0) is 9.78. The van der Waals surface area contributed by atoms with E-state index in [1.807, 2.05) is 0 Å². The second kappa shape index (κ2) is 4.72. The first-order valence-corrected chi connectivity index (χ1v) is 8.52. The molecule has 0 saturated carbocycles. The Hall–Kier alpha value is -0.223. The Bertz CT molecular complexity index is 175. The summed E-state index contributed by atoms with van der Waals surface area (Å²) in [6, 6.07) is 1.14. The van der Waals surface area contributed by atoms with Crippen molar-refractivity contribution in [3.8, 4) is 11.8 Å². The summed E-state index contributed by atoms with van der Waals surface area (Å²) in [5, 5.41) is 0. The Morgan fingerprint density at radius 3 is 1.92 bits per heavy atom. The highest BCUT2D eigenvalue weighted by Gasteiger charge is 2.10. The summed E-state index contributed by atoms with van der Waals surface area (Å²) in [4.78, 5) is 0. The van der Waals surface area contributed by atoms with E-state index in [9.17, 15) is 0 Å². The van der Waals surface area contributed by atoms with Crippen molar-refractivity contribution >= 4 is 8.07 Å². The summed E-state index contributed by atoms with van der Waals surface area (Å²) < 4.78 is 0. The molecule has 0 heterocycles. The number of hydrogen-bond acceptors (Lipinski definition) is 0. The highest BCUT2D eigenvalue weighted by molar-refractivity contribution is 6.76. The van der Waals surface area contributed by atoms with Crippen LogP contribution in [0.2, 0.25) is 25.7 Å². The third kappa shape index (κ3) is 6.48. The minimum atomic E-state index is -0.932. The molecule has 0 aromatic heterocycles. The molecule has 0 bridgehead atoms. The van der Waals surface area contributed by atoms with Gasteiger partial charge in [-0.25, -0.2) is 0 Å². The topological polar surface area (TPSA) is 0 Å². The van der Waals surface area contributed by atoms with Gasteiger partial charge in [0.25, 0.3) is 0 Å². The predicted octanol–water partition coefficient (Wildman–Crippen LogP) is 3.62. The van der Waals surface area contributed by atoms with Gasteiger partial charge in [0.1, 0.15) is 0 Å². The van der Waals surface area contributed by atoms with Crippen molar-refractivity contribution in [1.82, 2.24) is 0 Å². The second-order valence-corrected chi connectivity index (χ2v) is 10.6. The summed E-state index contributed by atoms with van der Waals surface area (Å²) in [5.74, 6) is 7.89. The quantitative estimate of drug-likeness (QED) is 0.452. The maximum atomic E-state index is 3.32. The van der Waals surface area contributed by atoms with E-state index in [2.05, 4.69) is 52.3 Å². The van der Waals surface area contributed by atoms with E-state index in [0.717, 1.165) is 6.04 Å². The molecule has 0 rings (SSSR count). The van der Waals surface area contributed by atoms with Gasteiger partial charge >= 0.3 is 0 Å². The van der Waals surface area contributed by atoms with Gasteiger partial charge < -0.3 is 0 Å². The van der Waals surface area contributed by atoms with Crippen LogP contribution in [0.4, 0.5) is 0 Å². The van der Waals surface area contributed by atoms with Crippen LogP contribution in [0.15, 0.2) is 0 Å². The average molecular weight is 182 g/mol. The summed E-state index contributed by atoms with van der Waals surface area (Å²) in [7, 11) is -0.932. The average Bonchev–Trinajstić information content (AvgIpc) is 1.84. The molecule has 0 spiro atoms. The van der Waals surface area contributed by atoms with Crippen LogP contribution in [-0.2, 0) is 0 Å². The molecular weight excluding hydrogens is 160 g/mol. The fourth-order valence-corrected chi connectivity index (χ4v) is 1.28. The Balaban J connectivity index is 3.89. The largest absolute Gasteiger partial charge is 0.106 e. The normalized spacial score (nSPS) is 13.9. The summed E-state index contributed by atoms with van der Waals surface area (Å²) >= 11 is 0. The molecule has 0 saturated heterocycles. The molecule has 0 N–H and O–H groups in total. The molecule has 1 unspecified atom stereocenters. The van der Waals surface area contributed by atoms with Gasteiger partial charge in [-0.15, -0.1) is 11.8 Å². The highest BCUT2D eigenvalue weighted by Crippen LogP contribution is 2.09. The summed E-state index contributed by atoms with van der Waals surface area (Å²) in [6.45, 7) is 13.8. The van der Waals surface area contributed by atoms with Gasteiger partial charge in [0, 0.05) is 12.0 Å². The van der Waals surface area contributed by atoms with Gasteiger partial charge in [0.05, 0.1) is 8.07 Å². The standard InChI is InChI=1S/C11H22Si/c1-10(2)11(3)8-7-9-12(4,5)6/h10-11H,9H2,1-6H3. The third-order valence-electron chi connectivity index (χ3n) is 1.95. The van der Waals surface area contributed by atoms with Crippen molar-refractivity contribution in [2.24, 2.45) is 11.8 Å². The van der Waals surface area contributed by atoms with Gasteiger partial charge in [-0.1, -0.05) is 40.4 Å². The van der Waals surface area contributed by atoms with E-state index in [4.69, 9.17) is 0 Å². The number of hydrogen-bond donors (Lipinski definition) is 0. The van der Waals surface area contributed by atoms with Crippen molar-refractivity contribution in [2.75, 3.05) is 0 Å². The van der Waals surface area contributed by atoms with E-state index < -0.39 is 8.07 Å². The molecule has 0 aromatic carbocycles. The molecule has 0 fully saturated rings. The Labute approximate surface area is 78.8 Å². The molecular formula is C11H22Si. The first kappa shape index (κ1) is 11.8. The van der Waals surface area contributed by atoms with Crippen molar-refractivity contribution in [3.05, 3.63) is 0 Å². The fraction of sp³-hybridized carbons (Fsp3) is 0.818. The van der Waals surface area contributed by atoms with Crippen LogP contribution in [0.5, 0.6) is 0 Å². The van der Waals surface area contributed by atoms with Crippen LogP contribution < -0.4 is 0 Å². The Morgan fingerprint density at radius 1 is 1.08 bits per heavy atom. The molecule has 0 aliphatic heterocycles. The molecule has 0 nitrogen and oxygen atoms in total. The molecule has 0 aliphatic rings. The molecule has 12 heavy (non-hydrogen) atoms. The minimum absolute atomic E-state index is 0.557. The fourth-order valence-electron chi connectivity index (χ4n) is 0.644. The van der Waals surface area contributed by atoms with E-state index in [1.54, 1.807) is 0 Å². The van der Waals surface area contributed by atoms with Crippen LogP contribution in [0, 0.1) is 23.7 Å². The van der Waals surface area contributed by atoms with Crippen LogP contribution in [0.3, 0.4) is 0 Å². The highest BCUT2D eigenvalue weighted by atomic mass is 28.3. The molecule has 0 radical (unpaired) electrons. The zero-order valence-corrected chi connectivity index (χ0v) is 10.4. The lowest BCUT2D eigenvalue weighted by Crippen LogP contribution is -2.17. The monoisotopic (exact) mass is 182 g/mol. The van der Waals surface area contributed by atoms with E-state index in [-0.39, 0.29) is 0 Å². The van der Waals surface area contributed by atoms with Gasteiger partial charge in [-0.05, 0) is 5.92 Å². The minimum Gasteiger partial charge on any atom is -0.106 e. The van der Waals surface area contributed by atoms with Crippen LogP contribution in [0.25, 0.3) is 0 Å². The number of rotatable bonds is 2. The Morgan fingerprint density at radius 2 is 1.58 bits per heavy atom. The molecule has 1 heteroatoms. The lowest BCUT2D eigenvalue weighted by atomic mass is 9.99. The van der Waals surface area contributed by atoms with Crippen molar-refractivity contribution in [2.45, 2.75) is 46.5 Å². The summed E-state index contributed by atoms with van der Waals surface area (Å²) in [5.41, 5.74) is 0. The van der Waals surface area contributed by atoms with Gasteiger partial charge in [0.2, 0.25) is 0 Å². The summed E-state index contributed by atoms with van der Waals surface area (Å²) in [6.07, 6.45) is 0. The lowest BCUT2D eigenvalue weighted by Gasteiger charge is -2.11. The van der Waals surface area contributed by atoms with E-state index in [1.165, 1.54) is 0 Å². The molecule has 0 aliphatic carbocycles. The molecule has 70 valence electrons. The first-order chi connectivity index (χ1) is 5.33. The van der Waals surface area contributed by atoms with Crippen LogP contribution >= 0.6 is 0 Å². The van der Waals surface area contributed by atoms with Gasteiger partial charge in [0.15, 0.2) is 0 Å². The maximum absolute atomic E-state index is 3.32. The molecule has 0 amide bonds. The molecule has 1 atom stereocenters. The van der Waals surface area contributed by atoms with Crippen molar-refractivity contribution in [1.29, 1.82) is 0 Å². The Kier molecular flexibility index (Phi) is 4.63. The maximum Gasteiger partial charge on any atom is 0.0573 e. The predicted molar refractivity (Wildman–Crippen MR) is 59.9 cm³/mol. The second-order valence-electron chi connectivity index (χ2n) is 5.09.